The highest BCUT2D eigenvalue weighted by Gasteiger charge is 2.19. The van der Waals surface area contributed by atoms with Gasteiger partial charge in [0.05, 0.1) is 13.2 Å². The quantitative estimate of drug-likeness (QED) is 0.871. The summed E-state index contributed by atoms with van der Waals surface area (Å²) >= 11 is 0. The smallest absolute Gasteiger partial charge is 0.233 e. The van der Waals surface area contributed by atoms with E-state index in [4.69, 9.17) is 4.74 Å². The zero-order chi connectivity index (χ0) is 16.2. The largest absolute Gasteiger partial charge is 0.378 e. The van der Waals surface area contributed by atoms with E-state index in [0.29, 0.717) is 32.0 Å². The SMILES string of the molecule is CC(C)(C)c1ccc(NC(=O)CC(=O)N2CCOCC2)cc1. The molecule has 0 aliphatic carbocycles. The van der Waals surface area contributed by atoms with Crippen molar-refractivity contribution in [3.8, 4) is 0 Å². The molecule has 0 aromatic heterocycles. The first kappa shape index (κ1) is 16.5. The zero-order valence-corrected chi connectivity index (χ0v) is 13.5. The van der Waals surface area contributed by atoms with Crippen molar-refractivity contribution in [3.05, 3.63) is 29.8 Å². The summed E-state index contributed by atoms with van der Waals surface area (Å²) in [5.41, 5.74) is 2.00. The summed E-state index contributed by atoms with van der Waals surface area (Å²) in [6.07, 6.45) is -0.124. The first-order valence-corrected chi connectivity index (χ1v) is 7.62. The summed E-state index contributed by atoms with van der Waals surface area (Å²) in [5.74, 6) is -0.424. The van der Waals surface area contributed by atoms with Gasteiger partial charge in [-0.3, -0.25) is 9.59 Å². The van der Waals surface area contributed by atoms with E-state index in [0.717, 1.165) is 0 Å². The lowest BCUT2D eigenvalue weighted by Crippen LogP contribution is -2.41. The number of carbonyl (C=O) groups excluding carboxylic acids is 2. The minimum absolute atomic E-state index is 0.0782. The van der Waals surface area contributed by atoms with E-state index in [-0.39, 0.29) is 23.7 Å². The standard InChI is InChI=1S/C17H24N2O3/c1-17(2,3)13-4-6-14(7-5-13)18-15(20)12-16(21)19-8-10-22-11-9-19/h4-7H,8-12H2,1-3H3,(H,18,20). The third kappa shape index (κ3) is 4.56. The lowest BCUT2D eigenvalue weighted by molar-refractivity contribution is -0.138. The molecule has 1 saturated heterocycles. The van der Waals surface area contributed by atoms with Crippen molar-refractivity contribution in [1.29, 1.82) is 0 Å². The highest BCUT2D eigenvalue weighted by atomic mass is 16.5. The Morgan fingerprint density at radius 2 is 1.73 bits per heavy atom. The number of carbonyl (C=O) groups is 2. The molecule has 0 unspecified atom stereocenters. The molecule has 5 nitrogen and oxygen atoms in total. The van der Waals surface area contributed by atoms with Crippen LogP contribution in [0.15, 0.2) is 24.3 Å². The second kappa shape index (κ2) is 6.92. The van der Waals surface area contributed by atoms with Gasteiger partial charge >= 0.3 is 0 Å². The van der Waals surface area contributed by atoms with E-state index >= 15 is 0 Å². The molecule has 0 spiro atoms. The van der Waals surface area contributed by atoms with E-state index in [1.165, 1.54) is 5.56 Å². The number of morpholine rings is 1. The predicted molar refractivity (Wildman–Crippen MR) is 85.8 cm³/mol. The number of anilines is 1. The Hall–Kier alpha value is -1.88. The number of nitrogens with one attached hydrogen (secondary N) is 1. The summed E-state index contributed by atoms with van der Waals surface area (Å²) in [6, 6.07) is 7.74. The van der Waals surface area contributed by atoms with Gasteiger partial charge in [-0.1, -0.05) is 32.9 Å². The number of ether oxygens (including phenoxy) is 1. The number of hydrogen-bond acceptors (Lipinski definition) is 3. The number of rotatable bonds is 3. The lowest BCUT2D eigenvalue weighted by Gasteiger charge is -2.26. The lowest BCUT2D eigenvalue weighted by atomic mass is 9.87. The molecule has 1 aromatic rings. The molecule has 1 aliphatic rings. The third-order valence-electron chi connectivity index (χ3n) is 3.71. The van der Waals surface area contributed by atoms with Gasteiger partial charge in [0.25, 0.3) is 0 Å². The number of nitrogens with zero attached hydrogens (tertiary/aromatic N) is 1. The fourth-order valence-corrected chi connectivity index (χ4v) is 2.32. The molecule has 1 heterocycles. The fourth-order valence-electron chi connectivity index (χ4n) is 2.32. The summed E-state index contributed by atoms with van der Waals surface area (Å²) in [4.78, 5) is 25.6. The molecule has 2 amide bonds. The maximum atomic E-state index is 12.0. The fraction of sp³-hybridized carbons (Fsp3) is 0.529. The molecular formula is C17H24N2O3. The van der Waals surface area contributed by atoms with Gasteiger partial charge in [0.1, 0.15) is 6.42 Å². The first-order chi connectivity index (χ1) is 10.4. The monoisotopic (exact) mass is 304 g/mol. The molecule has 2 rings (SSSR count). The van der Waals surface area contributed by atoms with Crippen molar-refractivity contribution in [1.82, 2.24) is 4.90 Å². The minimum atomic E-state index is -0.278. The number of hydrogen-bond donors (Lipinski definition) is 1. The number of amides is 2. The van der Waals surface area contributed by atoms with Crippen LogP contribution in [0.1, 0.15) is 32.8 Å². The average molecular weight is 304 g/mol. The Bertz CT molecular complexity index is 526. The second-order valence-corrected chi connectivity index (χ2v) is 6.55. The van der Waals surface area contributed by atoms with Crippen molar-refractivity contribution in [2.45, 2.75) is 32.6 Å². The van der Waals surface area contributed by atoms with Gasteiger partial charge in [0.15, 0.2) is 0 Å². The van der Waals surface area contributed by atoms with Crippen LogP contribution in [-0.4, -0.2) is 43.0 Å². The molecule has 1 fully saturated rings. The Morgan fingerprint density at radius 1 is 1.14 bits per heavy atom. The number of benzene rings is 1. The molecule has 0 bridgehead atoms. The summed E-state index contributed by atoms with van der Waals surface area (Å²) in [7, 11) is 0. The highest BCUT2D eigenvalue weighted by Crippen LogP contribution is 2.23. The predicted octanol–water partition coefficient (Wildman–Crippen LogP) is 2.17. The maximum absolute atomic E-state index is 12.0. The average Bonchev–Trinajstić information content (AvgIpc) is 2.47. The molecule has 5 heteroatoms. The van der Waals surface area contributed by atoms with Crippen molar-refractivity contribution in [2.24, 2.45) is 0 Å². The second-order valence-electron chi connectivity index (χ2n) is 6.55. The van der Waals surface area contributed by atoms with Crippen molar-refractivity contribution >= 4 is 17.5 Å². The first-order valence-electron chi connectivity index (χ1n) is 7.62. The van der Waals surface area contributed by atoms with Gasteiger partial charge in [-0.2, -0.15) is 0 Å². The van der Waals surface area contributed by atoms with Crippen LogP contribution in [0, 0.1) is 0 Å². The van der Waals surface area contributed by atoms with Crippen LogP contribution in [0.4, 0.5) is 5.69 Å². The van der Waals surface area contributed by atoms with Crippen LogP contribution in [0.2, 0.25) is 0 Å². The van der Waals surface area contributed by atoms with Gasteiger partial charge in [0.2, 0.25) is 11.8 Å². The molecule has 22 heavy (non-hydrogen) atoms. The molecular weight excluding hydrogens is 280 g/mol. The van der Waals surface area contributed by atoms with Gasteiger partial charge in [-0.15, -0.1) is 0 Å². The summed E-state index contributed by atoms with van der Waals surface area (Å²) in [5, 5.41) is 2.77. The van der Waals surface area contributed by atoms with Gasteiger partial charge in [-0.05, 0) is 23.1 Å². The van der Waals surface area contributed by atoms with Crippen molar-refractivity contribution in [2.75, 3.05) is 31.6 Å². The van der Waals surface area contributed by atoms with E-state index < -0.39 is 0 Å². The van der Waals surface area contributed by atoms with Crippen molar-refractivity contribution in [3.63, 3.8) is 0 Å². The summed E-state index contributed by atoms with van der Waals surface area (Å²) in [6.45, 7) is 8.63. The van der Waals surface area contributed by atoms with Gasteiger partial charge in [-0.25, -0.2) is 0 Å². The molecule has 0 saturated carbocycles. The van der Waals surface area contributed by atoms with E-state index in [9.17, 15) is 9.59 Å². The van der Waals surface area contributed by atoms with Crippen LogP contribution >= 0.6 is 0 Å². The van der Waals surface area contributed by atoms with Crippen LogP contribution in [-0.2, 0) is 19.7 Å². The molecule has 1 N–H and O–H groups in total. The van der Waals surface area contributed by atoms with Crippen LogP contribution in [0.3, 0.4) is 0 Å². The normalized spacial score (nSPS) is 15.5. The maximum Gasteiger partial charge on any atom is 0.233 e. The van der Waals surface area contributed by atoms with Gasteiger partial charge < -0.3 is 15.0 Å². The van der Waals surface area contributed by atoms with Crippen LogP contribution in [0.25, 0.3) is 0 Å². The van der Waals surface area contributed by atoms with E-state index in [1.807, 2.05) is 24.3 Å². The van der Waals surface area contributed by atoms with Crippen molar-refractivity contribution < 1.29 is 14.3 Å². The molecule has 0 radical (unpaired) electrons. The minimum Gasteiger partial charge on any atom is -0.378 e. The van der Waals surface area contributed by atoms with Crippen LogP contribution < -0.4 is 5.32 Å². The molecule has 1 aromatic carbocycles. The Morgan fingerprint density at radius 3 is 2.27 bits per heavy atom. The van der Waals surface area contributed by atoms with E-state index in [2.05, 4.69) is 26.1 Å². The van der Waals surface area contributed by atoms with E-state index in [1.54, 1.807) is 4.90 Å². The summed E-state index contributed by atoms with van der Waals surface area (Å²) < 4.78 is 5.19. The zero-order valence-electron chi connectivity index (χ0n) is 13.5. The topological polar surface area (TPSA) is 58.6 Å². The van der Waals surface area contributed by atoms with Crippen LogP contribution in [0.5, 0.6) is 0 Å². The molecule has 120 valence electrons. The third-order valence-corrected chi connectivity index (χ3v) is 3.71. The Labute approximate surface area is 131 Å². The Kier molecular flexibility index (Phi) is 5.19. The molecule has 0 atom stereocenters. The Balaban J connectivity index is 1.87. The van der Waals surface area contributed by atoms with Gasteiger partial charge in [0, 0.05) is 18.8 Å². The highest BCUT2D eigenvalue weighted by molar-refractivity contribution is 6.03. The molecule has 1 aliphatic heterocycles.